The fourth-order valence-electron chi connectivity index (χ4n) is 2.07. The van der Waals surface area contributed by atoms with E-state index >= 15 is 0 Å². The highest BCUT2D eigenvalue weighted by Gasteiger charge is 2.28. The van der Waals surface area contributed by atoms with Crippen LogP contribution in [0.5, 0.6) is 0 Å². The second-order valence-electron chi connectivity index (χ2n) is 5.22. The van der Waals surface area contributed by atoms with Crippen molar-refractivity contribution < 1.29 is 36.3 Å². The Morgan fingerprint density at radius 3 is 2.36 bits per heavy atom. The first-order chi connectivity index (χ1) is 13.2. The van der Waals surface area contributed by atoms with E-state index in [9.17, 15) is 31.5 Å². The number of carbonyl (C=O) groups is 2. The number of hydrogen-bond donors (Lipinski definition) is 1. The molecule has 0 amide bonds. The van der Waals surface area contributed by atoms with Gasteiger partial charge in [-0.15, -0.1) is 0 Å². The molecule has 0 heterocycles. The molecule has 4 nitrogen and oxygen atoms in total. The summed E-state index contributed by atoms with van der Waals surface area (Å²) in [6, 6.07) is 2.73. The number of benzene rings is 2. The van der Waals surface area contributed by atoms with Gasteiger partial charge in [-0.25, -0.2) is 26.7 Å². The summed E-state index contributed by atoms with van der Waals surface area (Å²) in [7, 11) is 0. The van der Waals surface area contributed by atoms with E-state index in [0.717, 1.165) is 12.1 Å². The molecule has 0 fully saturated rings. The molecule has 0 saturated carbocycles. The van der Waals surface area contributed by atoms with Gasteiger partial charge in [0, 0.05) is 12.3 Å². The molecule has 0 aliphatic rings. The molecule has 0 unspecified atom stereocenters. The number of anilines is 1. The lowest BCUT2D eigenvalue weighted by Gasteiger charge is -2.10. The number of esters is 1. The van der Waals surface area contributed by atoms with Crippen LogP contribution < -0.4 is 5.32 Å². The minimum absolute atomic E-state index is 0.154. The minimum Gasteiger partial charge on any atom is -0.462 e. The first-order valence-corrected chi connectivity index (χ1v) is 8.43. The second-order valence-corrected chi connectivity index (χ2v) is 6.02. The van der Waals surface area contributed by atoms with Crippen molar-refractivity contribution in [3.63, 3.8) is 0 Å². The van der Waals surface area contributed by atoms with Crippen LogP contribution in [0.25, 0.3) is 0 Å². The highest BCUT2D eigenvalue weighted by Crippen LogP contribution is 2.27. The van der Waals surface area contributed by atoms with Crippen LogP contribution in [0.3, 0.4) is 0 Å². The van der Waals surface area contributed by atoms with Gasteiger partial charge in [0.15, 0.2) is 17.5 Å². The van der Waals surface area contributed by atoms with Crippen molar-refractivity contribution in [3.8, 4) is 0 Å². The van der Waals surface area contributed by atoms with Crippen LogP contribution in [0.1, 0.15) is 17.3 Å². The van der Waals surface area contributed by atoms with E-state index in [1.54, 1.807) is 0 Å². The van der Waals surface area contributed by atoms with Gasteiger partial charge in [-0.3, -0.25) is 4.79 Å². The molecule has 0 radical (unpaired) electrons. The van der Waals surface area contributed by atoms with Gasteiger partial charge in [-0.1, -0.05) is 0 Å². The van der Waals surface area contributed by atoms with Gasteiger partial charge in [-0.05, 0) is 41.1 Å². The molecule has 0 saturated heterocycles. The van der Waals surface area contributed by atoms with E-state index in [2.05, 4.69) is 26.0 Å². The van der Waals surface area contributed by atoms with E-state index in [0.29, 0.717) is 12.3 Å². The molecule has 28 heavy (non-hydrogen) atoms. The zero-order valence-electron chi connectivity index (χ0n) is 14.1. The summed E-state index contributed by atoms with van der Waals surface area (Å²) in [4.78, 5) is 24.6. The Hall–Kier alpha value is -2.75. The molecule has 0 atom stereocenters. The van der Waals surface area contributed by atoms with Crippen molar-refractivity contribution in [3.05, 3.63) is 75.2 Å². The van der Waals surface area contributed by atoms with Crippen molar-refractivity contribution in [2.45, 2.75) is 6.92 Å². The minimum atomic E-state index is -1.55. The predicted molar refractivity (Wildman–Crippen MR) is 93.0 cm³/mol. The summed E-state index contributed by atoms with van der Waals surface area (Å²) in [5, 5.41) is 2.26. The molecule has 2 aromatic carbocycles. The van der Waals surface area contributed by atoms with E-state index in [4.69, 9.17) is 0 Å². The number of Topliss-reactive ketones (excluding diaryl/α,β-unsaturated/α-hetero) is 1. The quantitative estimate of drug-likeness (QED) is 0.0968. The molecule has 0 spiro atoms. The monoisotopic (exact) mass is 463 g/mol. The van der Waals surface area contributed by atoms with E-state index < -0.39 is 56.4 Å². The molecule has 2 aromatic rings. The number of ketones is 1. The molecule has 1 N–H and O–H groups in total. The first-order valence-electron chi connectivity index (χ1n) is 7.63. The highest BCUT2D eigenvalue weighted by molar-refractivity contribution is 9.10. The number of hydrogen-bond acceptors (Lipinski definition) is 4. The van der Waals surface area contributed by atoms with Crippen molar-refractivity contribution in [1.82, 2.24) is 0 Å². The topological polar surface area (TPSA) is 55.4 Å². The molecular formula is C18H11BrF5NO3. The van der Waals surface area contributed by atoms with Gasteiger partial charge in [0.2, 0.25) is 5.78 Å². The number of ether oxygens (including phenoxy) is 1. The van der Waals surface area contributed by atoms with Crippen molar-refractivity contribution in [1.29, 1.82) is 0 Å². The van der Waals surface area contributed by atoms with Crippen molar-refractivity contribution in [2.75, 3.05) is 11.9 Å². The molecule has 148 valence electrons. The van der Waals surface area contributed by atoms with Gasteiger partial charge < -0.3 is 10.1 Å². The van der Waals surface area contributed by atoms with Crippen molar-refractivity contribution in [2.24, 2.45) is 0 Å². The van der Waals surface area contributed by atoms with Gasteiger partial charge >= 0.3 is 5.97 Å². The fourth-order valence-corrected chi connectivity index (χ4v) is 2.47. The smallest absolute Gasteiger partial charge is 0.343 e. The van der Waals surface area contributed by atoms with Gasteiger partial charge in [0.1, 0.15) is 17.2 Å². The maximum Gasteiger partial charge on any atom is 0.343 e. The van der Waals surface area contributed by atoms with E-state index in [1.165, 1.54) is 6.92 Å². The van der Waals surface area contributed by atoms with Crippen LogP contribution in [0.4, 0.5) is 27.6 Å². The molecule has 0 aliphatic carbocycles. The largest absolute Gasteiger partial charge is 0.462 e. The average molecular weight is 464 g/mol. The summed E-state index contributed by atoms with van der Waals surface area (Å²) in [6.07, 6.45) is 0.700. The number of nitrogens with one attached hydrogen (secondary N) is 1. The lowest BCUT2D eigenvalue weighted by atomic mass is 10.0. The van der Waals surface area contributed by atoms with Gasteiger partial charge in [0.05, 0.1) is 22.3 Å². The highest BCUT2D eigenvalue weighted by atomic mass is 79.9. The maximum atomic E-state index is 14.2. The fraction of sp³-hybridized carbons (Fsp3) is 0.111. The average Bonchev–Trinajstić information content (AvgIpc) is 2.64. The lowest BCUT2D eigenvalue weighted by Crippen LogP contribution is -2.19. The second kappa shape index (κ2) is 8.96. The molecule has 10 heteroatoms. The number of halogens is 6. The zero-order valence-corrected chi connectivity index (χ0v) is 15.7. The van der Waals surface area contributed by atoms with Gasteiger partial charge in [0.25, 0.3) is 0 Å². The Balaban J connectivity index is 2.49. The van der Waals surface area contributed by atoms with Gasteiger partial charge in [-0.2, -0.15) is 0 Å². The third kappa shape index (κ3) is 4.56. The third-order valence-electron chi connectivity index (χ3n) is 3.39. The third-order valence-corrected chi connectivity index (χ3v) is 4.09. The number of rotatable bonds is 6. The summed E-state index contributed by atoms with van der Waals surface area (Å²) < 4.78 is 71.6. The van der Waals surface area contributed by atoms with Crippen LogP contribution in [-0.2, 0) is 9.53 Å². The molecular weight excluding hydrogens is 453 g/mol. The molecule has 0 aliphatic heterocycles. The summed E-state index contributed by atoms with van der Waals surface area (Å²) in [5.74, 6) is -8.98. The Morgan fingerprint density at radius 2 is 1.75 bits per heavy atom. The zero-order chi connectivity index (χ0) is 21.0. The van der Waals surface area contributed by atoms with Crippen LogP contribution in [0.15, 0.2) is 40.5 Å². The maximum absolute atomic E-state index is 14.2. The Kier molecular flexibility index (Phi) is 6.90. The van der Waals surface area contributed by atoms with Crippen molar-refractivity contribution >= 4 is 33.4 Å². The molecule has 0 aromatic heterocycles. The Labute approximate surface area is 164 Å². The Morgan fingerprint density at radius 1 is 1.07 bits per heavy atom. The van der Waals surface area contributed by atoms with Crippen LogP contribution in [0.2, 0.25) is 0 Å². The van der Waals surface area contributed by atoms with E-state index in [-0.39, 0.29) is 18.4 Å². The van der Waals surface area contributed by atoms with Crippen LogP contribution >= 0.6 is 15.9 Å². The lowest BCUT2D eigenvalue weighted by molar-refractivity contribution is -0.138. The van der Waals surface area contributed by atoms with Crippen LogP contribution in [-0.4, -0.2) is 18.4 Å². The van der Waals surface area contributed by atoms with Crippen LogP contribution in [0, 0.1) is 29.1 Å². The standard InChI is InChI=1S/C18H11BrF5NO3/c1-2-28-18(27)10(7-25-13-4-3-8(20)5-11(13)21)17(26)9-6-12(22)16(24)14(19)15(9)23/h3-7,25H,2H2,1H3. The normalized spacial score (nSPS) is 11.3. The molecule has 2 rings (SSSR count). The predicted octanol–water partition coefficient (Wildman–Crippen LogP) is 4.89. The number of carbonyl (C=O) groups excluding carboxylic acids is 2. The first kappa shape index (κ1) is 21.5. The molecule has 0 bridgehead atoms. The SMILES string of the molecule is CCOC(=O)C(=CNc1ccc(F)cc1F)C(=O)c1cc(F)c(F)c(Br)c1F. The van der Waals surface area contributed by atoms with E-state index in [1.807, 2.05) is 0 Å². The summed E-state index contributed by atoms with van der Waals surface area (Å²) in [5.41, 5.74) is -2.07. The summed E-state index contributed by atoms with van der Waals surface area (Å²) in [6.45, 7) is 1.28. The summed E-state index contributed by atoms with van der Waals surface area (Å²) >= 11 is 2.48. The Bertz CT molecular complexity index is 978.